The molecule has 27 heavy (non-hydrogen) atoms. The van der Waals surface area contributed by atoms with Crippen molar-refractivity contribution in [2.24, 2.45) is 5.92 Å². The Morgan fingerprint density at radius 1 is 1.26 bits per heavy atom. The minimum atomic E-state index is -0.0759. The molecule has 2 aromatic heterocycles. The predicted molar refractivity (Wildman–Crippen MR) is 110 cm³/mol. The quantitative estimate of drug-likeness (QED) is 0.626. The summed E-state index contributed by atoms with van der Waals surface area (Å²) in [6, 6.07) is 10.4. The molecule has 1 atom stereocenters. The van der Waals surface area contributed by atoms with Crippen molar-refractivity contribution in [3.8, 4) is 11.1 Å². The lowest BCUT2D eigenvalue weighted by atomic mass is 9.83. The topological polar surface area (TPSA) is 55.3 Å². The van der Waals surface area contributed by atoms with Crippen LogP contribution in [0, 0.1) is 5.92 Å². The minimum absolute atomic E-state index is 0.0165. The van der Waals surface area contributed by atoms with Gasteiger partial charge >= 0.3 is 5.97 Å². The number of benzene rings is 1. The number of methoxy groups -OCH3 is 1. The zero-order valence-corrected chi connectivity index (χ0v) is 16.6. The Hall–Kier alpha value is -2.12. The van der Waals surface area contributed by atoms with Crippen LogP contribution in [-0.2, 0) is 9.53 Å². The number of ether oxygens (including phenoxy) is 1. The molecule has 0 aliphatic carbocycles. The molecule has 3 aromatic rings. The Balaban J connectivity index is 1.50. The molecule has 4 heterocycles. The van der Waals surface area contributed by atoms with Crippen LogP contribution in [0.25, 0.3) is 21.3 Å². The van der Waals surface area contributed by atoms with Crippen LogP contribution in [0.4, 0.5) is 5.82 Å². The number of thiophene rings is 1. The highest BCUT2D eigenvalue weighted by Gasteiger charge is 2.56. The fraction of sp³-hybridized carbons (Fsp3) is 0.350. The highest BCUT2D eigenvalue weighted by molar-refractivity contribution is 8.01. The standard InChI is InChI=1S/C20H19N3O2S2/c1-25-19(24)15-7-8-27-20(15)10-23(11-20)17-16-14(13-5-3-2-4-6-13)9-26-18(16)22-12-21-17/h2-6,9,12,15H,7-8,10-11H2,1H3. The summed E-state index contributed by atoms with van der Waals surface area (Å²) >= 11 is 3.56. The monoisotopic (exact) mass is 397 g/mol. The Morgan fingerprint density at radius 2 is 2.07 bits per heavy atom. The van der Waals surface area contributed by atoms with Gasteiger partial charge in [0.25, 0.3) is 0 Å². The van der Waals surface area contributed by atoms with Crippen LogP contribution >= 0.6 is 23.1 Å². The minimum Gasteiger partial charge on any atom is -0.469 e. The molecular weight excluding hydrogens is 378 g/mol. The first-order valence-electron chi connectivity index (χ1n) is 8.96. The Bertz CT molecular complexity index is 999. The molecule has 0 radical (unpaired) electrons. The number of nitrogens with zero attached hydrogens (tertiary/aromatic N) is 3. The largest absolute Gasteiger partial charge is 0.469 e. The first-order valence-corrected chi connectivity index (χ1v) is 10.8. The van der Waals surface area contributed by atoms with Gasteiger partial charge < -0.3 is 9.64 Å². The van der Waals surface area contributed by atoms with Crippen LogP contribution in [-0.4, -0.2) is 46.6 Å². The average molecular weight is 398 g/mol. The van der Waals surface area contributed by atoms with Crippen molar-refractivity contribution in [1.29, 1.82) is 0 Å². The van der Waals surface area contributed by atoms with Gasteiger partial charge in [-0.25, -0.2) is 9.97 Å². The Morgan fingerprint density at radius 3 is 2.85 bits per heavy atom. The smallest absolute Gasteiger partial charge is 0.310 e. The number of thioether (sulfide) groups is 1. The number of carbonyl (C=O) groups excluding carboxylic acids is 1. The molecule has 0 N–H and O–H groups in total. The molecule has 5 nitrogen and oxygen atoms in total. The molecule has 2 aliphatic heterocycles. The SMILES string of the molecule is COC(=O)C1CCSC12CN(c1ncnc3scc(-c4ccccc4)c13)C2. The van der Waals surface area contributed by atoms with Gasteiger partial charge in [-0.05, 0) is 17.7 Å². The summed E-state index contributed by atoms with van der Waals surface area (Å²) in [7, 11) is 1.49. The number of anilines is 1. The lowest BCUT2D eigenvalue weighted by Crippen LogP contribution is -2.63. The Kier molecular flexibility index (Phi) is 4.09. The maximum atomic E-state index is 12.2. The van der Waals surface area contributed by atoms with E-state index in [0.29, 0.717) is 0 Å². The van der Waals surface area contributed by atoms with Gasteiger partial charge in [-0.1, -0.05) is 30.3 Å². The van der Waals surface area contributed by atoms with Gasteiger partial charge in [0.1, 0.15) is 17.0 Å². The van der Waals surface area contributed by atoms with Gasteiger partial charge in [0.2, 0.25) is 0 Å². The zero-order chi connectivity index (χ0) is 18.4. The van der Waals surface area contributed by atoms with Crippen molar-refractivity contribution in [2.45, 2.75) is 11.2 Å². The average Bonchev–Trinajstić information content (AvgIpc) is 3.31. The van der Waals surface area contributed by atoms with Gasteiger partial charge in [-0.15, -0.1) is 11.3 Å². The lowest BCUT2D eigenvalue weighted by Gasteiger charge is -2.50. The molecule has 5 rings (SSSR count). The maximum absolute atomic E-state index is 12.2. The zero-order valence-electron chi connectivity index (χ0n) is 14.9. The van der Waals surface area contributed by atoms with E-state index >= 15 is 0 Å². The van der Waals surface area contributed by atoms with Crippen LogP contribution in [0.1, 0.15) is 6.42 Å². The van der Waals surface area contributed by atoms with Crippen molar-refractivity contribution in [1.82, 2.24) is 9.97 Å². The first kappa shape index (κ1) is 17.0. The van der Waals surface area contributed by atoms with Crippen molar-refractivity contribution in [2.75, 3.05) is 30.9 Å². The van der Waals surface area contributed by atoms with E-state index in [9.17, 15) is 4.79 Å². The normalized spacial score (nSPS) is 20.8. The molecule has 2 fully saturated rings. The van der Waals surface area contributed by atoms with E-state index in [0.717, 1.165) is 41.3 Å². The number of aromatic nitrogens is 2. The number of hydrogen-bond acceptors (Lipinski definition) is 7. The third kappa shape index (κ3) is 2.63. The molecule has 2 aliphatic rings. The number of rotatable bonds is 3. The number of hydrogen-bond donors (Lipinski definition) is 0. The number of carbonyl (C=O) groups is 1. The summed E-state index contributed by atoms with van der Waals surface area (Å²) in [5, 5.41) is 3.27. The molecule has 2 saturated heterocycles. The van der Waals surface area contributed by atoms with E-state index in [2.05, 4.69) is 44.5 Å². The van der Waals surface area contributed by atoms with Crippen molar-refractivity contribution in [3.05, 3.63) is 42.0 Å². The van der Waals surface area contributed by atoms with Crippen LogP contribution in [0.15, 0.2) is 42.0 Å². The maximum Gasteiger partial charge on any atom is 0.310 e. The molecule has 1 spiro atoms. The second-order valence-corrected chi connectivity index (χ2v) is 9.39. The molecule has 0 saturated carbocycles. The summed E-state index contributed by atoms with van der Waals surface area (Å²) < 4.78 is 5.01. The van der Waals surface area contributed by atoms with E-state index < -0.39 is 0 Å². The van der Waals surface area contributed by atoms with Crippen molar-refractivity contribution < 1.29 is 9.53 Å². The Labute approximate surface area is 165 Å². The van der Waals surface area contributed by atoms with Gasteiger partial charge in [0, 0.05) is 24.0 Å². The third-order valence-corrected chi connectivity index (χ3v) is 8.01. The van der Waals surface area contributed by atoms with Crippen LogP contribution in [0.2, 0.25) is 0 Å². The summed E-state index contributed by atoms with van der Waals surface area (Å²) in [5.41, 5.74) is 2.36. The van der Waals surface area contributed by atoms with Gasteiger partial charge in [-0.2, -0.15) is 11.8 Å². The van der Waals surface area contributed by atoms with Crippen LogP contribution in [0.3, 0.4) is 0 Å². The van der Waals surface area contributed by atoms with Gasteiger partial charge in [-0.3, -0.25) is 4.79 Å². The second-order valence-electron chi connectivity index (χ2n) is 7.03. The highest BCUT2D eigenvalue weighted by Crippen LogP contribution is 2.51. The van der Waals surface area contributed by atoms with E-state index in [1.807, 2.05) is 17.8 Å². The predicted octanol–water partition coefficient (Wildman–Crippen LogP) is 3.84. The molecule has 0 amide bonds. The summed E-state index contributed by atoms with van der Waals surface area (Å²) in [6.07, 6.45) is 2.55. The fourth-order valence-electron chi connectivity index (χ4n) is 4.21. The molecular formula is C20H19N3O2S2. The fourth-order valence-corrected chi connectivity index (χ4v) is 6.79. The third-order valence-electron chi connectivity index (χ3n) is 5.57. The highest BCUT2D eigenvalue weighted by atomic mass is 32.2. The molecule has 7 heteroatoms. The second kappa shape index (κ2) is 6.49. The van der Waals surface area contributed by atoms with Gasteiger partial charge in [0.05, 0.1) is 23.2 Å². The van der Waals surface area contributed by atoms with Gasteiger partial charge in [0.15, 0.2) is 0 Å². The first-order chi connectivity index (χ1) is 13.2. The molecule has 1 unspecified atom stereocenters. The van der Waals surface area contributed by atoms with Crippen molar-refractivity contribution >= 4 is 45.1 Å². The van der Waals surface area contributed by atoms with Crippen LogP contribution < -0.4 is 4.90 Å². The van der Waals surface area contributed by atoms with E-state index in [4.69, 9.17) is 4.74 Å². The van der Waals surface area contributed by atoms with Crippen LogP contribution in [0.5, 0.6) is 0 Å². The molecule has 138 valence electrons. The summed E-state index contributed by atoms with van der Waals surface area (Å²) in [4.78, 5) is 24.6. The van der Waals surface area contributed by atoms with E-state index in [-0.39, 0.29) is 16.6 Å². The van der Waals surface area contributed by atoms with E-state index in [1.54, 1.807) is 17.7 Å². The molecule has 0 bridgehead atoms. The lowest BCUT2D eigenvalue weighted by molar-refractivity contribution is -0.146. The summed E-state index contributed by atoms with van der Waals surface area (Å²) in [6.45, 7) is 1.65. The number of fused-ring (bicyclic) bond motifs is 1. The van der Waals surface area contributed by atoms with Crippen molar-refractivity contribution in [3.63, 3.8) is 0 Å². The summed E-state index contributed by atoms with van der Waals surface area (Å²) in [5.74, 6) is 1.90. The number of esters is 1. The molecule has 1 aromatic carbocycles. The van der Waals surface area contributed by atoms with E-state index in [1.165, 1.54) is 18.2 Å².